The van der Waals surface area contributed by atoms with Crippen LogP contribution in [0.25, 0.3) is 11.1 Å². The summed E-state index contributed by atoms with van der Waals surface area (Å²) in [5, 5.41) is 3.17. The fraction of sp³-hybridized carbons (Fsp3) is 0.536. The molecule has 0 saturated carbocycles. The number of amides is 1. The SMILES string of the molecule is CC(C)Oc1ccc(F)cc1-c1ccc2c(c1)CC(C)(C)C2NC(=O)O[C@H]1CN2CCC1CC2. The van der Waals surface area contributed by atoms with Crippen molar-refractivity contribution in [1.82, 2.24) is 10.2 Å². The van der Waals surface area contributed by atoms with Gasteiger partial charge in [0.05, 0.1) is 12.1 Å². The topological polar surface area (TPSA) is 50.8 Å². The summed E-state index contributed by atoms with van der Waals surface area (Å²) in [6.45, 7) is 11.3. The van der Waals surface area contributed by atoms with Gasteiger partial charge in [-0.2, -0.15) is 0 Å². The summed E-state index contributed by atoms with van der Waals surface area (Å²) in [6.07, 6.45) is 2.69. The molecule has 2 aromatic rings. The lowest BCUT2D eigenvalue weighted by Gasteiger charge is -2.44. The van der Waals surface area contributed by atoms with Crippen LogP contribution >= 0.6 is 0 Å². The molecule has 3 fully saturated rings. The summed E-state index contributed by atoms with van der Waals surface area (Å²) in [5.74, 6) is 0.863. The van der Waals surface area contributed by atoms with Crippen molar-refractivity contribution in [3.8, 4) is 16.9 Å². The smallest absolute Gasteiger partial charge is 0.407 e. The third-order valence-electron chi connectivity index (χ3n) is 7.61. The van der Waals surface area contributed by atoms with Crippen molar-refractivity contribution < 1.29 is 18.7 Å². The molecule has 3 aliphatic heterocycles. The molecule has 1 unspecified atom stereocenters. The number of carbonyl (C=O) groups is 1. The van der Waals surface area contributed by atoms with Gasteiger partial charge in [0.1, 0.15) is 17.7 Å². The van der Waals surface area contributed by atoms with Crippen LogP contribution in [0.1, 0.15) is 57.7 Å². The van der Waals surface area contributed by atoms with Gasteiger partial charge >= 0.3 is 6.09 Å². The lowest BCUT2D eigenvalue weighted by atomic mass is 9.85. The summed E-state index contributed by atoms with van der Waals surface area (Å²) >= 11 is 0. The van der Waals surface area contributed by atoms with E-state index >= 15 is 0 Å². The van der Waals surface area contributed by atoms with E-state index in [1.807, 2.05) is 19.9 Å². The minimum absolute atomic E-state index is 0.00616. The number of hydrogen-bond donors (Lipinski definition) is 1. The van der Waals surface area contributed by atoms with Gasteiger partial charge in [-0.25, -0.2) is 9.18 Å². The Balaban J connectivity index is 1.36. The first kappa shape index (κ1) is 23.2. The molecular formula is C28H35FN2O3. The van der Waals surface area contributed by atoms with E-state index in [4.69, 9.17) is 9.47 Å². The number of fused-ring (bicyclic) bond motifs is 4. The highest BCUT2D eigenvalue weighted by molar-refractivity contribution is 5.73. The van der Waals surface area contributed by atoms with E-state index in [2.05, 4.69) is 36.2 Å². The van der Waals surface area contributed by atoms with Crippen molar-refractivity contribution in [2.24, 2.45) is 11.3 Å². The van der Waals surface area contributed by atoms with Gasteiger partial charge in [0.25, 0.3) is 0 Å². The van der Waals surface area contributed by atoms with E-state index in [9.17, 15) is 9.18 Å². The Bertz CT molecular complexity index is 1080. The number of alkyl carbamates (subject to hydrolysis) is 1. The van der Waals surface area contributed by atoms with Crippen LogP contribution in [-0.2, 0) is 11.2 Å². The number of nitrogens with one attached hydrogen (secondary N) is 1. The van der Waals surface area contributed by atoms with E-state index in [0.717, 1.165) is 61.2 Å². The Labute approximate surface area is 201 Å². The number of ether oxygens (including phenoxy) is 2. The second kappa shape index (κ2) is 8.88. The molecule has 0 spiro atoms. The molecule has 4 aliphatic rings. The molecule has 2 aromatic carbocycles. The van der Waals surface area contributed by atoms with Gasteiger partial charge in [0.2, 0.25) is 0 Å². The van der Waals surface area contributed by atoms with Crippen LogP contribution in [0, 0.1) is 17.2 Å². The third-order valence-corrected chi connectivity index (χ3v) is 7.61. The van der Waals surface area contributed by atoms with Gasteiger partial charge in [-0.1, -0.05) is 32.0 Å². The molecule has 5 nitrogen and oxygen atoms in total. The number of piperidine rings is 3. The molecule has 6 rings (SSSR count). The highest BCUT2D eigenvalue weighted by atomic mass is 19.1. The number of halogens is 1. The zero-order valence-electron chi connectivity index (χ0n) is 20.6. The van der Waals surface area contributed by atoms with Crippen LogP contribution in [0.5, 0.6) is 5.75 Å². The summed E-state index contributed by atoms with van der Waals surface area (Å²) in [7, 11) is 0. The van der Waals surface area contributed by atoms with E-state index in [-0.39, 0.29) is 35.6 Å². The van der Waals surface area contributed by atoms with Crippen molar-refractivity contribution in [1.29, 1.82) is 0 Å². The maximum absolute atomic E-state index is 14.1. The number of hydrogen-bond acceptors (Lipinski definition) is 4. The highest BCUT2D eigenvalue weighted by Crippen LogP contribution is 2.47. The minimum Gasteiger partial charge on any atom is -0.490 e. The lowest BCUT2D eigenvalue weighted by molar-refractivity contribution is -0.0348. The minimum atomic E-state index is -0.327. The molecule has 3 saturated heterocycles. The van der Waals surface area contributed by atoms with Crippen LogP contribution < -0.4 is 10.1 Å². The first-order chi connectivity index (χ1) is 16.2. The molecule has 0 aromatic heterocycles. The molecule has 3 heterocycles. The summed E-state index contributed by atoms with van der Waals surface area (Å²) in [4.78, 5) is 15.3. The number of benzene rings is 2. The normalized spacial score (nSPS) is 26.9. The Morgan fingerprint density at radius 3 is 2.59 bits per heavy atom. The van der Waals surface area contributed by atoms with Gasteiger partial charge in [-0.15, -0.1) is 0 Å². The van der Waals surface area contributed by atoms with Gasteiger partial charge in [-0.05, 0) is 92.4 Å². The van der Waals surface area contributed by atoms with Crippen LogP contribution in [0.3, 0.4) is 0 Å². The fourth-order valence-corrected chi connectivity index (χ4v) is 5.91. The van der Waals surface area contributed by atoms with Crippen LogP contribution in [0.15, 0.2) is 36.4 Å². The fourth-order valence-electron chi connectivity index (χ4n) is 5.91. The summed E-state index contributed by atoms with van der Waals surface area (Å²) in [5.41, 5.74) is 3.76. The zero-order chi connectivity index (χ0) is 24.0. The second-order valence-corrected chi connectivity index (χ2v) is 11.0. The molecule has 2 bridgehead atoms. The van der Waals surface area contributed by atoms with E-state index in [0.29, 0.717) is 11.7 Å². The predicted molar refractivity (Wildman–Crippen MR) is 130 cm³/mol. The largest absolute Gasteiger partial charge is 0.490 e. The van der Waals surface area contributed by atoms with Gasteiger partial charge < -0.3 is 14.8 Å². The Morgan fingerprint density at radius 1 is 1.15 bits per heavy atom. The van der Waals surface area contributed by atoms with Crippen LogP contribution in [-0.4, -0.2) is 42.8 Å². The molecule has 1 N–H and O–H groups in total. The molecule has 6 heteroatoms. The Morgan fingerprint density at radius 2 is 1.91 bits per heavy atom. The van der Waals surface area contributed by atoms with Crippen LogP contribution in [0.4, 0.5) is 9.18 Å². The predicted octanol–water partition coefficient (Wildman–Crippen LogP) is 5.72. The monoisotopic (exact) mass is 466 g/mol. The van der Waals surface area contributed by atoms with Crippen LogP contribution in [0.2, 0.25) is 0 Å². The van der Waals surface area contributed by atoms with Gasteiger partial charge in [0.15, 0.2) is 0 Å². The van der Waals surface area contributed by atoms with E-state index in [1.54, 1.807) is 6.07 Å². The summed E-state index contributed by atoms with van der Waals surface area (Å²) in [6, 6.07) is 10.7. The first-order valence-electron chi connectivity index (χ1n) is 12.5. The zero-order valence-corrected chi connectivity index (χ0v) is 20.6. The highest BCUT2D eigenvalue weighted by Gasteiger charge is 2.42. The molecular weight excluding hydrogens is 431 g/mol. The van der Waals surface area contributed by atoms with Crippen molar-refractivity contribution in [2.75, 3.05) is 19.6 Å². The lowest BCUT2D eigenvalue weighted by Crippen LogP contribution is -2.53. The summed E-state index contributed by atoms with van der Waals surface area (Å²) < 4.78 is 25.9. The number of rotatable bonds is 5. The van der Waals surface area contributed by atoms with Crippen molar-refractivity contribution >= 4 is 6.09 Å². The van der Waals surface area contributed by atoms with Crippen molar-refractivity contribution in [3.63, 3.8) is 0 Å². The number of carbonyl (C=O) groups excluding carboxylic acids is 1. The first-order valence-corrected chi connectivity index (χ1v) is 12.5. The Kier molecular flexibility index (Phi) is 6.05. The van der Waals surface area contributed by atoms with E-state index < -0.39 is 0 Å². The maximum atomic E-state index is 14.1. The van der Waals surface area contributed by atoms with Crippen molar-refractivity contribution in [3.05, 3.63) is 53.3 Å². The quantitative estimate of drug-likeness (QED) is 0.612. The molecule has 0 radical (unpaired) electrons. The van der Waals surface area contributed by atoms with E-state index in [1.165, 1.54) is 12.1 Å². The molecule has 2 atom stereocenters. The van der Waals surface area contributed by atoms with Gasteiger partial charge in [-0.3, -0.25) is 4.90 Å². The second-order valence-electron chi connectivity index (χ2n) is 11.0. The molecule has 34 heavy (non-hydrogen) atoms. The molecule has 1 aliphatic carbocycles. The standard InChI is InChI=1S/C28H35FN2O3/c1-17(2)33-24-8-6-21(29)14-23(24)19-5-7-22-20(13-19)15-28(3,4)26(22)30-27(32)34-25-16-31-11-9-18(25)10-12-31/h5-8,13-14,17-18,25-26H,9-12,15-16H2,1-4H3,(H,30,32)/t25-,26?/m0/s1. The average molecular weight is 467 g/mol. The van der Waals surface area contributed by atoms with Crippen molar-refractivity contribution in [2.45, 2.75) is 65.2 Å². The number of nitrogens with zero attached hydrogens (tertiary/aromatic N) is 1. The van der Waals surface area contributed by atoms with Gasteiger partial charge in [0, 0.05) is 12.1 Å². The molecule has 182 valence electrons. The molecule has 1 amide bonds. The maximum Gasteiger partial charge on any atom is 0.407 e. The average Bonchev–Trinajstić information content (AvgIpc) is 3.04. The Hall–Kier alpha value is -2.60. The third kappa shape index (κ3) is 4.52.